The number of rotatable bonds is 3. The first-order valence-corrected chi connectivity index (χ1v) is 7.13. The molecule has 1 fully saturated rings. The molecule has 0 aromatic heterocycles. The zero-order valence-electron chi connectivity index (χ0n) is 10.2. The molecule has 2 rings (SSSR count). The van der Waals surface area contributed by atoms with E-state index in [1.54, 1.807) is 0 Å². The first kappa shape index (κ1) is 12.0. The Hall–Kier alpha value is -0.470. The van der Waals surface area contributed by atoms with E-state index in [9.17, 15) is 0 Å². The molecule has 1 nitrogen and oxygen atoms in total. The Morgan fingerprint density at radius 3 is 2.50 bits per heavy atom. The number of hydrogen-bond donors (Lipinski definition) is 1. The fourth-order valence-corrected chi connectivity index (χ4v) is 3.02. The molecule has 1 aromatic carbocycles. The molecular formula is C14H21NS. The van der Waals surface area contributed by atoms with Gasteiger partial charge in [-0.3, -0.25) is 0 Å². The molecule has 0 amide bonds. The second-order valence-corrected chi connectivity index (χ2v) is 6.39. The molecule has 1 atom stereocenters. The van der Waals surface area contributed by atoms with Crippen LogP contribution in [0.4, 0.5) is 0 Å². The highest BCUT2D eigenvalue weighted by molar-refractivity contribution is 7.99. The van der Waals surface area contributed by atoms with Gasteiger partial charge in [0.15, 0.2) is 0 Å². The Morgan fingerprint density at radius 2 is 1.94 bits per heavy atom. The van der Waals surface area contributed by atoms with Crippen LogP contribution in [0.5, 0.6) is 0 Å². The molecule has 0 bridgehead atoms. The van der Waals surface area contributed by atoms with Crippen molar-refractivity contribution in [3.63, 3.8) is 0 Å². The molecular weight excluding hydrogens is 214 g/mol. The molecule has 1 aliphatic rings. The predicted octanol–water partition coefficient (Wildman–Crippen LogP) is 4.00. The molecule has 0 spiro atoms. The minimum absolute atomic E-state index is 0.590. The van der Waals surface area contributed by atoms with Crippen LogP contribution < -0.4 is 5.32 Å². The molecule has 1 aromatic rings. The first-order chi connectivity index (χ1) is 7.75. The van der Waals surface area contributed by atoms with Crippen LogP contribution in [-0.2, 0) is 0 Å². The van der Waals surface area contributed by atoms with Crippen molar-refractivity contribution >= 4 is 11.8 Å². The third-order valence-electron chi connectivity index (χ3n) is 2.96. The summed E-state index contributed by atoms with van der Waals surface area (Å²) in [5, 5.41) is 4.25. The molecule has 1 N–H and O–H groups in total. The van der Waals surface area contributed by atoms with Crippen molar-refractivity contribution in [1.82, 2.24) is 5.32 Å². The van der Waals surface area contributed by atoms with Crippen LogP contribution in [0.1, 0.15) is 44.7 Å². The Bertz CT molecular complexity index is 312. The van der Waals surface area contributed by atoms with E-state index in [-0.39, 0.29) is 0 Å². The maximum atomic E-state index is 3.59. The highest BCUT2D eigenvalue weighted by atomic mass is 32.2. The molecule has 1 saturated heterocycles. The minimum atomic E-state index is 0.590. The average molecular weight is 235 g/mol. The van der Waals surface area contributed by atoms with Gasteiger partial charge in [-0.1, -0.05) is 32.4 Å². The largest absolute Gasteiger partial charge is 0.310 e. The third-order valence-corrected chi connectivity index (χ3v) is 3.98. The van der Waals surface area contributed by atoms with Crippen molar-refractivity contribution in [2.75, 3.05) is 6.54 Å². The Labute approximate surface area is 103 Å². The molecule has 1 heterocycles. The summed E-state index contributed by atoms with van der Waals surface area (Å²) in [5.41, 5.74) is 1.45. The fraction of sp³-hybridized carbons (Fsp3) is 0.571. The van der Waals surface area contributed by atoms with Crippen LogP contribution in [0.25, 0.3) is 0 Å². The molecule has 0 aliphatic carbocycles. The van der Waals surface area contributed by atoms with E-state index in [1.807, 2.05) is 11.8 Å². The molecule has 2 heteroatoms. The van der Waals surface area contributed by atoms with Crippen LogP contribution in [-0.4, -0.2) is 11.8 Å². The van der Waals surface area contributed by atoms with E-state index >= 15 is 0 Å². The van der Waals surface area contributed by atoms with Crippen molar-refractivity contribution in [3.05, 3.63) is 29.8 Å². The normalized spacial score (nSPS) is 21.3. The topological polar surface area (TPSA) is 12.0 Å². The maximum Gasteiger partial charge on any atom is 0.0320 e. The number of hydrogen-bond acceptors (Lipinski definition) is 2. The van der Waals surface area contributed by atoms with Crippen molar-refractivity contribution in [2.24, 2.45) is 0 Å². The van der Waals surface area contributed by atoms with Gasteiger partial charge in [0.25, 0.3) is 0 Å². The van der Waals surface area contributed by atoms with E-state index < -0.39 is 0 Å². The Morgan fingerprint density at radius 1 is 1.19 bits per heavy atom. The van der Waals surface area contributed by atoms with E-state index in [2.05, 4.69) is 43.4 Å². The second kappa shape index (κ2) is 5.74. The molecule has 0 radical (unpaired) electrons. The van der Waals surface area contributed by atoms with E-state index in [1.165, 1.54) is 36.3 Å². The van der Waals surface area contributed by atoms with Gasteiger partial charge >= 0.3 is 0 Å². The van der Waals surface area contributed by atoms with Crippen LogP contribution in [0.3, 0.4) is 0 Å². The summed E-state index contributed by atoms with van der Waals surface area (Å²) >= 11 is 1.93. The number of piperidine rings is 1. The molecule has 88 valence electrons. The van der Waals surface area contributed by atoms with Crippen molar-refractivity contribution < 1.29 is 0 Å². The summed E-state index contributed by atoms with van der Waals surface area (Å²) in [6.07, 6.45) is 3.98. The fourth-order valence-electron chi connectivity index (χ4n) is 2.19. The van der Waals surface area contributed by atoms with Crippen LogP contribution in [0.15, 0.2) is 29.2 Å². The first-order valence-electron chi connectivity index (χ1n) is 6.26. The van der Waals surface area contributed by atoms with Gasteiger partial charge in [-0.25, -0.2) is 0 Å². The minimum Gasteiger partial charge on any atom is -0.310 e. The zero-order valence-corrected chi connectivity index (χ0v) is 11.0. The highest BCUT2D eigenvalue weighted by Gasteiger charge is 2.14. The summed E-state index contributed by atoms with van der Waals surface area (Å²) in [4.78, 5) is 1.38. The monoisotopic (exact) mass is 235 g/mol. The highest BCUT2D eigenvalue weighted by Crippen LogP contribution is 2.27. The van der Waals surface area contributed by atoms with Crippen molar-refractivity contribution in [2.45, 2.75) is 49.3 Å². The van der Waals surface area contributed by atoms with Crippen molar-refractivity contribution in [1.29, 1.82) is 0 Å². The molecule has 16 heavy (non-hydrogen) atoms. The lowest BCUT2D eigenvalue weighted by Crippen LogP contribution is -2.26. The van der Waals surface area contributed by atoms with Gasteiger partial charge in [-0.05, 0) is 37.1 Å². The Kier molecular flexibility index (Phi) is 4.30. The number of nitrogens with one attached hydrogen (secondary N) is 1. The number of thioether (sulfide) groups is 1. The summed E-state index contributed by atoms with van der Waals surface area (Å²) in [6, 6.07) is 9.68. The summed E-state index contributed by atoms with van der Waals surface area (Å²) in [7, 11) is 0. The van der Waals surface area contributed by atoms with Crippen LogP contribution >= 0.6 is 11.8 Å². The summed E-state index contributed by atoms with van der Waals surface area (Å²) in [5.74, 6) is 0. The third kappa shape index (κ3) is 3.26. The molecule has 1 unspecified atom stereocenters. The van der Waals surface area contributed by atoms with Gasteiger partial charge < -0.3 is 5.32 Å². The lowest BCUT2D eigenvalue weighted by Gasteiger charge is -2.24. The number of benzene rings is 1. The Balaban J connectivity index is 2.00. The van der Waals surface area contributed by atoms with Gasteiger partial charge in [0.2, 0.25) is 0 Å². The lowest BCUT2D eigenvalue weighted by atomic mass is 9.98. The van der Waals surface area contributed by atoms with Gasteiger partial charge in [-0.2, -0.15) is 0 Å². The smallest absolute Gasteiger partial charge is 0.0320 e. The van der Waals surface area contributed by atoms with Crippen LogP contribution in [0, 0.1) is 0 Å². The van der Waals surface area contributed by atoms with E-state index in [0.717, 1.165) is 0 Å². The zero-order chi connectivity index (χ0) is 11.4. The van der Waals surface area contributed by atoms with Crippen molar-refractivity contribution in [3.8, 4) is 0 Å². The second-order valence-electron chi connectivity index (χ2n) is 4.74. The standard InChI is InChI=1S/C14H21NS/c1-11(2)16-13-8-6-12(7-9-13)14-5-3-4-10-15-14/h6-9,11,14-15H,3-5,10H2,1-2H3. The SMILES string of the molecule is CC(C)Sc1ccc(C2CCCCN2)cc1. The van der Waals surface area contributed by atoms with E-state index in [0.29, 0.717) is 11.3 Å². The maximum absolute atomic E-state index is 3.59. The van der Waals surface area contributed by atoms with Gasteiger partial charge in [0.1, 0.15) is 0 Å². The van der Waals surface area contributed by atoms with Gasteiger partial charge in [0, 0.05) is 16.2 Å². The lowest BCUT2D eigenvalue weighted by molar-refractivity contribution is 0.412. The quantitative estimate of drug-likeness (QED) is 0.795. The average Bonchev–Trinajstić information content (AvgIpc) is 2.30. The molecule has 0 saturated carbocycles. The van der Waals surface area contributed by atoms with Crippen LogP contribution in [0.2, 0.25) is 0 Å². The van der Waals surface area contributed by atoms with Gasteiger partial charge in [0.05, 0.1) is 0 Å². The predicted molar refractivity (Wildman–Crippen MR) is 72.0 cm³/mol. The van der Waals surface area contributed by atoms with Gasteiger partial charge in [-0.15, -0.1) is 11.8 Å². The van der Waals surface area contributed by atoms with E-state index in [4.69, 9.17) is 0 Å². The molecule has 1 aliphatic heterocycles. The summed E-state index contributed by atoms with van der Waals surface area (Å²) in [6.45, 7) is 5.65. The summed E-state index contributed by atoms with van der Waals surface area (Å²) < 4.78 is 0.